The van der Waals surface area contributed by atoms with Crippen molar-refractivity contribution in [2.75, 3.05) is 13.2 Å². The second-order valence-corrected chi connectivity index (χ2v) is 7.01. The molecular weight excluding hydrogens is 366 g/mol. The number of hydrogen-bond donors (Lipinski definition) is 3. The van der Waals surface area contributed by atoms with Gasteiger partial charge in [0.15, 0.2) is 0 Å². The summed E-state index contributed by atoms with van der Waals surface area (Å²) in [5.74, 6) is 0.715. The number of nitrogens with one attached hydrogen (secondary N) is 2. The van der Waals surface area contributed by atoms with Gasteiger partial charge in [-0.15, -0.1) is 12.4 Å². The molecule has 2 rings (SSSR count). The fraction of sp³-hybridized carbons (Fsp3) is 0.600. The van der Waals surface area contributed by atoms with Crippen LogP contribution in [0.15, 0.2) is 24.3 Å². The second-order valence-electron chi connectivity index (χ2n) is 7.01. The Kier molecular flexibility index (Phi) is 9.60. The Morgan fingerprint density at radius 2 is 1.85 bits per heavy atom. The van der Waals surface area contributed by atoms with Gasteiger partial charge in [0, 0.05) is 13.0 Å². The maximum atomic E-state index is 12.1. The maximum absolute atomic E-state index is 12.1. The summed E-state index contributed by atoms with van der Waals surface area (Å²) in [5, 5.41) is 5.85. The van der Waals surface area contributed by atoms with E-state index >= 15 is 0 Å². The quantitative estimate of drug-likeness (QED) is 0.558. The molecule has 1 unspecified atom stereocenters. The van der Waals surface area contributed by atoms with Crippen LogP contribution < -0.4 is 21.1 Å². The average Bonchev–Trinajstić information content (AvgIpc) is 3.07. The summed E-state index contributed by atoms with van der Waals surface area (Å²) in [6.45, 7) is 5.00. The van der Waals surface area contributed by atoms with Gasteiger partial charge in [-0.3, -0.25) is 9.59 Å². The topological polar surface area (TPSA) is 93.5 Å². The lowest BCUT2D eigenvalue weighted by Gasteiger charge is -2.22. The van der Waals surface area contributed by atoms with E-state index in [2.05, 4.69) is 10.6 Å². The van der Waals surface area contributed by atoms with E-state index in [0.29, 0.717) is 26.0 Å². The molecule has 27 heavy (non-hydrogen) atoms. The van der Waals surface area contributed by atoms with Crippen molar-refractivity contribution >= 4 is 24.2 Å². The van der Waals surface area contributed by atoms with E-state index in [1.807, 2.05) is 38.1 Å². The molecule has 0 heterocycles. The van der Waals surface area contributed by atoms with Crippen molar-refractivity contribution in [3.8, 4) is 5.75 Å². The van der Waals surface area contributed by atoms with Crippen LogP contribution >= 0.6 is 12.4 Å². The van der Waals surface area contributed by atoms with Crippen LogP contribution in [0.25, 0.3) is 0 Å². The minimum absolute atomic E-state index is 0. The zero-order valence-corrected chi connectivity index (χ0v) is 17.1. The Morgan fingerprint density at radius 1 is 1.22 bits per heavy atom. The molecule has 0 bridgehead atoms. The molecular formula is C20H32ClN3O3. The third kappa shape index (κ3) is 7.03. The van der Waals surface area contributed by atoms with E-state index in [9.17, 15) is 9.59 Å². The summed E-state index contributed by atoms with van der Waals surface area (Å²) in [6, 6.07) is 7.65. The first kappa shape index (κ1) is 23.2. The highest BCUT2D eigenvalue weighted by molar-refractivity contribution is 5.86. The molecule has 0 aliphatic heterocycles. The molecule has 1 fully saturated rings. The molecule has 0 spiro atoms. The molecule has 1 saturated carbocycles. The van der Waals surface area contributed by atoms with Gasteiger partial charge >= 0.3 is 0 Å². The number of carbonyl (C=O) groups excluding carboxylic acids is 2. The summed E-state index contributed by atoms with van der Waals surface area (Å²) >= 11 is 0. The van der Waals surface area contributed by atoms with E-state index in [4.69, 9.17) is 10.5 Å². The van der Waals surface area contributed by atoms with E-state index in [1.54, 1.807) is 0 Å². The number of nitrogens with two attached hydrogens (primary N) is 1. The first-order chi connectivity index (χ1) is 12.4. The van der Waals surface area contributed by atoms with Crippen molar-refractivity contribution in [3.05, 3.63) is 29.8 Å². The molecule has 2 amide bonds. The van der Waals surface area contributed by atoms with E-state index in [-0.39, 0.29) is 30.3 Å². The SMILES string of the molecule is CCOc1ccc(C(C)NC(=O)CCCNC(=O)C2(N)CCCC2)cc1.Cl. The molecule has 0 radical (unpaired) electrons. The summed E-state index contributed by atoms with van der Waals surface area (Å²) < 4.78 is 5.42. The van der Waals surface area contributed by atoms with Crippen LogP contribution in [0.2, 0.25) is 0 Å². The number of halogens is 1. The molecule has 0 aromatic heterocycles. The van der Waals surface area contributed by atoms with Gasteiger partial charge in [0.05, 0.1) is 18.2 Å². The van der Waals surface area contributed by atoms with Crippen LogP contribution in [0.5, 0.6) is 5.75 Å². The Labute approximate surface area is 168 Å². The second kappa shape index (κ2) is 11.1. The van der Waals surface area contributed by atoms with Crippen LogP contribution in [0, 0.1) is 0 Å². The van der Waals surface area contributed by atoms with Crippen molar-refractivity contribution in [2.45, 2.75) is 64.0 Å². The van der Waals surface area contributed by atoms with Gasteiger partial charge in [-0.25, -0.2) is 0 Å². The summed E-state index contributed by atoms with van der Waals surface area (Å²) in [5.41, 5.74) is 6.43. The van der Waals surface area contributed by atoms with Crippen molar-refractivity contribution in [2.24, 2.45) is 5.73 Å². The lowest BCUT2D eigenvalue weighted by Crippen LogP contribution is -2.52. The van der Waals surface area contributed by atoms with Crippen molar-refractivity contribution in [1.82, 2.24) is 10.6 Å². The van der Waals surface area contributed by atoms with E-state index in [1.165, 1.54) is 0 Å². The molecule has 1 aliphatic rings. The fourth-order valence-corrected chi connectivity index (χ4v) is 3.28. The lowest BCUT2D eigenvalue weighted by molar-refractivity contribution is -0.126. The third-order valence-electron chi connectivity index (χ3n) is 4.88. The van der Waals surface area contributed by atoms with Gasteiger partial charge in [-0.1, -0.05) is 25.0 Å². The predicted molar refractivity (Wildman–Crippen MR) is 109 cm³/mol. The summed E-state index contributed by atoms with van der Waals surface area (Å²) in [7, 11) is 0. The maximum Gasteiger partial charge on any atom is 0.240 e. The highest BCUT2D eigenvalue weighted by atomic mass is 35.5. The molecule has 7 heteroatoms. The monoisotopic (exact) mass is 397 g/mol. The molecule has 1 aromatic rings. The average molecular weight is 398 g/mol. The minimum Gasteiger partial charge on any atom is -0.494 e. The first-order valence-corrected chi connectivity index (χ1v) is 9.54. The zero-order valence-electron chi connectivity index (χ0n) is 16.3. The Morgan fingerprint density at radius 3 is 2.44 bits per heavy atom. The predicted octanol–water partition coefficient (Wildman–Crippen LogP) is 2.85. The highest BCUT2D eigenvalue weighted by Crippen LogP contribution is 2.27. The summed E-state index contributed by atoms with van der Waals surface area (Å²) in [6.07, 6.45) is 4.49. The van der Waals surface area contributed by atoms with Crippen LogP contribution in [-0.4, -0.2) is 30.5 Å². The smallest absolute Gasteiger partial charge is 0.240 e. The Balaban J connectivity index is 0.00000364. The van der Waals surface area contributed by atoms with Crippen molar-refractivity contribution in [1.29, 1.82) is 0 Å². The molecule has 1 aromatic carbocycles. The first-order valence-electron chi connectivity index (χ1n) is 9.54. The number of hydrogen-bond acceptors (Lipinski definition) is 4. The van der Waals surface area contributed by atoms with Gasteiger partial charge in [-0.2, -0.15) is 0 Å². The van der Waals surface area contributed by atoms with Crippen LogP contribution in [0.3, 0.4) is 0 Å². The van der Waals surface area contributed by atoms with Crippen LogP contribution in [0.1, 0.15) is 64.0 Å². The molecule has 152 valence electrons. The van der Waals surface area contributed by atoms with Gasteiger partial charge in [0.1, 0.15) is 5.75 Å². The van der Waals surface area contributed by atoms with Gasteiger partial charge in [0.2, 0.25) is 11.8 Å². The van der Waals surface area contributed by atoms with Gasteiger partial charge in [-0.05, 0) is 50.8 Å². The number of carbonyl (C=O) groups is 2. The number of benzene rings is 1. The summed E-state index contributed by atoms with van der Waals surface area (Å²) in [4.78, 5) is 24.2. The van der Waals surface area contributed by atoms with Gasteiger partial charge < -0.3 is 21.1 Å². The fourth-order valence-electron chi connectivity index (χ4n) is 3.28. The third-order valence-corrected chi connectivity index (χ3v) is 4.88. The number of ether oxygens (including phenoxy) is 1. The Bertz CT molecular complexity index is 601. The Hall–Kier alpha value is -1.79. The van der Waals surface area contributed by atoms with E-state index < -0.39 is 5.54 Å². The lowest BCUT2D eigenvalue weighted by atomic mass is 9.98. The molecule has 1 aliphatic carbocycles. The largest absolute Gasteiger partial charge is 0.494 e. The molecule has 4 N–H and O–H groups in total. The van der Waals surface area contributed by atoms with Crippen LogP contribution in [0.4, 0.5) is 0 Å². The van der Waals surface area contributed by atoms with Gasteiger partial charge in [0.25, 0.3) is 0 Å². The zero-order chi connectivity index (χ0) is 19.0. The highest BCUT2D eigenvalue weighted by Gasteiger charge is 2.36. The van der Waals surface area contributed by atoms with Crippen molar-refractivity contribution < 1.29 is 14.3 Å². The number of rotatable bonds is 9. The molecule has 0 saturated heterocycles. The normalized spacial score (nSPS) is 16.1. The molecule has 6 nitrogen and oxygen atoms in total. The number of amides is 2. The molecule has 1 atom stereocenters. The van der Waals surface area contributed by atoms with E-state index in [0.717, 1.165) is 37.0 Å². The minimum atomic E-state index is -0.704. The van der Waals surface area contributed by atoms with Crippen molar-refractivity contribution in [3.63, 3.8) is 0 Å². The van der Waals surface area contributed by atoms with Crippen LogP contribution in [-0.2, 0) is 9.59 Å². The standard InChI is InChI=1S/C20H31N3O3.ClH/c1-3-26-17-10-8-16(9-11-17)15(2)23-18(24)7-6-14-22-19(25)20(21)12-4-5-13-20;/h8-11,15H,3-7,12-14,21H2,1-2H3,(H,22,25)(H,23,24);1H.